The van der Waals surface area contributed by atoms with Gasteiger partial charge in [-0.25, -0.2) is 22.0 Å². The van der Waals surface area contributed by atoms with Crippen molar-refractivity contribution in [3.05, 3.63) is 68.5 Å². The van der Waals surface area contributed by atoms with Gasteiger partial charge in [-0.2, -0.15) is 0 Å². The fourth-order valence-corrected chi connectivity index (χ4v) is 2.22. The van der Waals surface area contributed by atoms with Gasteiger partial charge in [-0.3, -0.25) is 0 Å². The van der Waals surface area contributed by atoms with Gasteiger partial charge < -0.3 is 5.73 Å². The number of hydrogen-bond acceptors (Lipinski definition) is 1. The zero-order valence-electron chi connectivity index (χ0n) is 10.0. The largest absolute Gasteiger partial charge is 0.320 e. The van der Waals surface area contributed by atoms with Gasteiger partial charge in [0.1, 0.15) is 0 Å². The van der Waals surface area contributed by atoms with E-state index in [1.54, 1.807) is 0 Å². The minimum Gasteiger partial charge on any atom is -0.320 e. The molecule has 112 valence electrons. The molecule has 2 aromatic carbocycles. The molecule has 0 spiro atoms. The minimum absolute atomic E-state index is 0.0177. The van der Waals surface area contributed by atoms with Crippen LogP contribution in [0.1, 0.15) is 17.2 Å². The Morgan fingerprint density at radius 3 is 1.81 bits per heavy atom. The molecule has 2 N–H and O–H groups in total. The zero-order chi connectivity index (χ0) is 15.9. The van der Waals surface area contributed by atoms with E-state index in [4.69, 9.17) is 28.9 Å². The van der Waals surface area contributed by atoms with Crippen molar-refractivity contribution in [1.82, 2.24) is 0 Å². The Kier molecular flexibility index (Phi) is 4.41. The number of hydrogen-bond donors (Lipinski definition) is 1. The first-order valence-electron chi connectivity index (χ1n) is 5.47. The van der Waals surface area contributed by atoms with E-state index >= 15 is 0 Å². The third kappa shape index (κ3) is 2.71. The van der Waals surface area contributed by atoms with Gasteiger partial charge in [-0.1, -0.05) is 23.2 Å². The highest BCUT2D eigenvalue weighted by Crippen LogP contribution is 2.34. The lowest BCUT2D eigenvalue weighted by molar-refractivity contribution is 0.367. The minimum atomic E-state index is -2.25. The van der Waals surface area contributed by atoms with Gasteiger partial charge in [-0.15, -0.1) is 0 Å². The van der Waals surface area contributed by atoms with E-state index < -0.39 is 40.7 Å². The van der Waals surface area contributed by atoms with Gasteiger partial charge >= 0.3 is 0 Å². The molecule has 21 heavy (non-hydrogen) atoms. The van der Waals surface area contributed by atoms with Crippen LogP contribution in [0, 0.1) is 29.1 Å². The molecular weight excluding hydrogens is 336 g/mol. The number of nitrogens with two attached hydrogens (primary N) is 1. The molecule has 0 heterocycles. The number of halogens is 7. The summed E-state index contributed by atoms with van der Waals surface area (Å²) in [6, 6.07) is 2.21. The van der Waals surface area contributed by atoms with Crippen LogP contribution in [-0.2, 0) is 0 Å². The summed E-state index contributed by atoms with van der Waals surface area (Å²) in [6.07, 6.45) is 0. The Morgan fingerprint density at radius 1 is 0.810 bits per heavy atom. The molecule has 0 aliphatic rings. The summed E-state index contributed by atoms with van der Waals surface area (Å²) < 4.78 is 66.7. The second-order valence-electron chi connectivity index (χ2n) is 4.13. The third-order valence-corrected chi connectivity index (χ3v) is 3.43. The molecule has 0 aromatic heterocycles. The normalized spacial score (nSPS) is 12.6. The SMILES string of the molecule is NC(c1cc(Cl)ccc1Cl)c1c(F)c(F)c(F)c(F)c1F. The Morgan fingerprint density at radius 2 is 1.29 bits per heavy atom. The summed E-state index contributed by atoms with van der Waals surface area (Å²) in [5.41, 5.74) is 4.36. The van der Waals surface area contributed by atoms with Crippen molar-refractivity contribution in [3.8, 4) is 0 Å². The van der Waals surface area contributed by atoms with E-state index in [0.717, 1.165) is 0 Å². The standard InChI is InChI=1S/C13H6Cl2F5N/c14-4-1-2-6(15)5(3-4)13(21)7-8(16)10(18)12(20)11(19)9(7)17/h1-3,13H,21H2. The number of rotatable bonds is 2. The molecule has 0 saturated carbocycles. The lowest BCUT2D eigenvalue weighted by Crippen LogP contribution is -2.19. The van der Waals surface area contributed by atoms with Crippen LogP contribution < -0.4 is 5.73 Å². The predicted octanol–water partition coefficient (Wildman–Crippen LogP) is 4.74. The first-order chi connectivity index (χ1) is 9.75. The molecule has 1 atom stereocenters. The van der Waals surface area contributed by atoms with E-state index in [9.17, 15) is 22.0 Å². The topological polar surface area (TPSA) is 26.0 Å². The van der Waals surface area contributed by atoms with Crippen LogP contribution in [0.2, 0.25) is 10.0 Å². The average Bonchev–Trinajstić information content (AvgIpc) is 2.45. The van der Waals surface area contributed by atoms with Crippen molar-refractivity contribution in [1.29, 1.82) is 0 Å². The van der Waals surface area contributed by atoms with Crippen molar-refractivity contribution in [3.63, 3.8) is 0 Å². The van der Waals surface area contributed by atoms with Crippen molar-refractivity contribution in [2.24, 2.45) is 5.73 Å². The highest BCUT2D eigenvalue weighted by atomic mass is 35.5. The fraction of sp³-hybridized carbons (Fsp3) is 0.0769. The van der Waals surface area contributed by atoms with Crippen molar-refractivity contribution in [2.45, 2.75) is 6.04 Å². The Bertz CT molecular complexity index is 691. The van der Waals surface area contributed by atoms with E-state index in [0.29, 0.717) is 0 Å². The molecule has 2 rings (SSSR count). The monoisotopic (exact) mass is 341 g/mol. The molecule has 0 bridgehead atoms. The summed E-state index contributed by atoms with van der Waals surface area (Å²) >= 11 is 11.5. The van der Waals surface area contributed by atoms with Crippen molar-refractivity contribution in [2.75, 3.05) is 0 Å². The molecule has 2 aromatic rings. The molecule has 0 fully saturated rings. The Labute approximate surface area is 126 Å². The molecule has 0 radical (unpaired) electrons. The van der Waals surface area contributed by atoms with E-state index in [1.807, 2.05) is 0 Å². The van der Waals surface area contributed by atoms with E-state index in [1.165, 1.54) is 18.2 Å². The Balaban J connectivity index is 2.69. The number of benzene rings is 2. The highest BCUT2D eigenvalue weighted by Gasteiger charge is 2.30. The summed E-state index contributed by atoms with van der Waals surface area (Å²) in [5.74, 6) is -10.4. The van der Waals surface area contributed by atoms with E-state index in [2.05, 4.69) is 0 Å². The van der Waals surface area contributed by atoms with Crippen LogP contribution in [0.5, 0.6) is 0 Å². The summed E-state index contributed by atoms with van der Waals surface area (Å²) in [7, 11) is 0. The van der Waals surface area contributed by atoms with E-state index in [-0.39, 0.29) is 15.6 Å². The second-order valence-corrected chi connectivity index (χ2v) is 4.97. The molecular formula is C13H6Cl2F5N. The van der Waals surface area contributed by atoms with Crippen LogP contribution in [0.15, 0.2) is 18.2 Å². The van der Waals surface area contributed by atoms with Gasteiger partial charge in [0, 0.05) is 10.0 Å². The van der Waals surface area contributed by atoms with Gasteiger partial charge in [-0.05, 0) is 23.8 Å². The summed E-state index contributed by atoms with van der Waals surface area (Å²) in [5, 5.41) is 0.129. The maximum absolute atomic E-state index is 13.7. The molecule has 1 unspecified atom stereocenters. The lowest BCUT2D eigenvalue weighted by atomic mass is 9.98. The van der Waals surface area contributed by atoms with Crippen LogP contribution >= 0.6 is 23.2 Å². The van der Waals surface area contributed by atoms with Crippen LogP contribution in [0.4, 0.5) is 22.0 Å². The lowest BCUT2D eigenvalue weighted by Gasteiger charge is -2.17. The average molecular weight is 342 g/mol. The van der Waals surface area contributed by atoms with Gasteiger partial charge in [0.25, 0.3) is 0 Å². The molecule has 0 saturated heterocycles. The molecule has 0 aliphatic heterocycles. The van der Waals surface area contributed by atoms with Gasteiger partial charge in [0.2, 0.25) is 5.82 Å². The Hall–Kier alpha value is -1.37. The molecule has 0 amide bonds. The molecule has 8 heteroatoms. The van der Waals surface area contributed by atoms with Crippen molar-refractivity contribution >= 4 is 23.2 Å². The van der Waals surface area contributed by atoms with Crippen molar-refractivity contribution < 1.29 is 22.0 Å². The second kappa shape index (κ2) is 5.79. The quantitative estimate of drug-likeness (QED) is 0.476. The summed E-state index contributed by atoms with van der Waals surface area (Å²) in [4.78, 5) is 0. The molecule has 1 nitrogen and oxygen atoms in total. The van der Waals surface area contributed by atoms with Gasteiger partial charge in [0.15, 0.2) is 23.3 Å². The molecule has 0 aliphatic carbocycles. The first-order valence-corrected chi connectivity index (χ1v) is 6.23. The zero-order valence-corrected chi connectivity index (χ0v) is 11.5. The van der Waals surface area contributed by atoms with Crippen LogP contribution in [-0.4, -0.2) is 0 Å². The first kappa shape index (κ1) is 16.0. The van der Waals surface area contributed by atoms with Crippen LogP contribution in [0.25, 0.3) is 0 Å². The fourth-order valence-electron chi connectivity index (χ4n) is 1.80. The van der Waals surface area contributed by atoms with Crippen LogP contribution in [0.3, 0.4) is 0 Å². The summed E-state index contributed by atoms with van der Waals surface area (Å²) in [6.45, 7) is 0. The maximum atomic E-state index is 13.7. The highest BCUT2D eigenvalue weighted by molar-refractivity contribution is 6.33. The maximum Gasteiger partial charge on any atom is 0.200 e. The smallest absolute Gasteiger partial charge is 0.200 e. The van der Waals surface area contributed by atoms with Gasteiger partial charge in [0.05, 0.1) is 11.6 Å². The third-order valence-electron chi connectivity index (χ3n) is 2.85. The predicted molar refractivity (Wildman–Crippen MR) is 68.7 cm³/mol.